The van der Waals surface area contributed by atoms with E-state index in [9.17, 15) is 0 Å². The molecule has 1 saturated heterocycles. The molecule has 0 saturated carbocycles. The van der Waals surface area contributed by atoms with Crippen LogP contribution in [0.5, 0.6) is 5.75 Å². The molecule has 0 bridgehead atoms. The third-order valence-corrected chi connectivity index (χ3v) is 2.34. The number of aromatic hydroxyl groups is 1. The lowest BCUT2D eigenvalue weighted by atomic mass is 10.1. The van der Waals surface area contributed by atoms with Crippen molar-refractivity contribution in [2.45, 2.75) is 6.04 Å². The first-order valence-corrected chi connectivity index (χ1v) is 4.59. The van der Waals surface area contributed by atoms with Crippen LogP contribution in [0.2, 0.25) is 0 Å². The summed E-state index contributed by atoms with van der Waals surface area (Å²) < 4.78 is 0. The highest BCUT2D eigenvalue weighted by molar-refractivity contribution is 5.28. The van der Waals surface area contributed by atoms with E-state index in [1.54, 1.807) is 12.1 Å². The SMILES string of the molecule is Oc1ccc([C@H]2CNCCN2)cc1. The molecule has 3 N–H and O–H groups in total. The van der Waals surface area contributed by atoms with Gasteiger partial charge in [0.05, 0.1) is 0 Å². The van der Waals surface area contributed by atoms with Crippen molar-refractivity contribution in [3.8, 4) is 5.75 Å². The van der Waals surface area contributed by atoms with Gasteiger partial charge in [-0.25, -0.2) is 0 Å². The Morgan fingerprint density at radius 2 is 1.92 bits per heavy atom. The summed E-state index contributed by atoms with van der Waals surface area (Å²) in [5.41, 5.74) is 1.23. The summed E-state index contributed by atoms with van der Waals surface area (Å²) in [5, 5.41) is 15.9. The number of nitrogens with one attached hydrogen (secondary N) is 2. The van der Waals surface area contributed by atoms with Gasteiger partial charge in [0.2, 0.25) is 0 Å². The van der Waals surface area contributed by atoms with Crippen LogP contribution in [-0.2, 0) is 0 Å². The average molecular weight is 178 g/mol. The molecule has 0 radical (unpaired) electrons. The van der Waals surface area contributed by atoms with Crippen LogP contribution >= 0.6 is 0 Å². The van der Waals surface area contributed by atoms with E-state index in [-0.39, 0.29) is 0 Å². The van der Waals surface area contributed by atoms with Crippen LogP contribution in [0.15, 0.2) is 24.3 Å². The van der Waals surface area contributed by atoms with Crippen molar-refractivity contribution in [3.05, 3.63) is 29.8 Å². The van der Waals surface area contributed by atoms with Gasteiger partial charge < -0.3 is 15.7 Å². The summed E-state index contributed by atoms with van der Waals surface area (Å²) in [7, 11) is 0. The van der Waals surface area contributed by atoms with Gasteiger partial charge >= 0.3 is 0 Å². The van der Waals surface area contributed by atoms with Gasteiger partial charge in [-0.1, -0.05) is 12.1 Å². The molecule has 3 nitrogen and oxygen atoms in total. The maximum Gasteiger partial charge on any atom is 0.115 e. The molecule has 2 rings (SSSR count). The van der Waals surface area contributed by atoms with Gasteiger partial charge in [-0.05, 0) is 17.7 Å². The summed E-state index contributed by atoms with van der Waals surface area (Å²) in [4.78, 5) is 0. The van der Waals surface area contributed by atoms with Crippen LogP contribution in [0.4, 0.5) is 0 Å². The van der Waals surface area contributed by atoms with Gasteiger partial charge in [0.25, 0.3) is 0 Å². The minimum absolute atomic E-state index is 0.326. The Bertz CT molecular complexity index is 265. The van der Waals surface area contributed by atoms with E-state index in [0.29, 0.717) is 11.8 Å². The van der Waals surface area contributed by atoms with Gasteiger partial charge in [0.15, 0.2) is 0 Å². The third kappa shape index (κ3) is 1.99. The highest BCUT2D eigenvalue weighted by atomic mass is 16.3. The second-order valence-corrected chi connectivity index (χ2v) is 3.30. The zero-order valence-electron chi connectivity index (χ0n) is 7.46. The molecule has 0 spiro atoms. The standard InChI is InChI=1S/C10H14N2O/c13-9-3-1-8(2-4-9)10-7-11-5-6-12-10/h1-4,10-13H,5-7H2/t10-/m1/s1. The van der Waals surface area contributed by atoms with Gasteiger partial charge in [0, 0.05) is 25.7 Å². The Morgan fingerprint density at radius 1 is 1.15 bits per heavy atom. The molecule has 0 aliphatic carbocycles. The smallest absolute Gasteiger partial charge is 0.115 e. The number of benzene rings is 1. The molecular formula is C10H14N2O. The quantitative estimate of drug-likeness (QED) is 0.591. The number of hydrogen-bond donors (Lipinski definition) is 3. The topological polar surface area (TPSA) is 44.3 Å². The average Bonchev–Trinajstić information content (AvgIpc) is 2.20. The van der Waals surface area contributed by atoms with E-state index in [2.05, 4.69) is 10.6 Å². The summed E-state index contributed by atoms with van der Waals surface area (Å²) in [6.45, 7) is 3.00. The molecule has 70 valence electrons. The summed E-state index contributed by atoms with van der Waals surface area (Å²) >= 11 is 0. The zero-order chi connectivity index (χ0) is 9.10. The second-order valence-electron chi connectivity index (χ2n) is 3.30. The summed E-state index contributed by atoms with van der Waals surface area (Å²) in [6, 6.07) is 7.76. The number of phenolic OH excluding ortho intramolecular Hbond substituents is 1. The van der Waals surface area contributed by atoms with Crippen LogP contribution in [-0.4, -0.2) is 24.7 Å². The number of piperazine rings is 1. The van der Waals surface area contributed by atoms with Crippen molar-refractivity contribution in [2.24, 2.45) is 0 Å². The van der Waals surface area contributed by atoms with E-state index in [1.165, 1.54) is 5.56 Å². The van der Waals surface area contributed by atoms with Crippen LogP contribution < -0.4 is 10.6 Å². The fraction of sp³-hybridized carbons (Fsp3) is 0.400. The Balaban J connectivity index is 2.10. The molecule has 13 heavy (non-hydrogen) atoms. The maximum atomic E-state index is 9.12. The lowest BCUT2D eigenvalue weighted by molar-refractivity contribution is 0.429. The van der Waals surface area contributed by atoms with Crippen molar-refractivity contribution in [3.63, 3.8) is 0 Å². The first-order chi connectivity index (χ1) is 6.36. The fourth-order valence-electron chi connectivity index (χ4n) is 1.60. The molecule has 0 aromatic heterocycles. The molecule has 0 unspecified atom stereocenters. The van der Waals surface area contributed by atoms with Gasteiger partial charge in [-0.15, -0.1) is 0 Å². The highest BCUT2D eigenvalue weighted by Crippen LogP contribution is 2.16. The van der Waals surface area contributed by atoms with Gasteiger partial charge in [-0.3, -0.25) is 0 Å². The van der Waals surface area contributed by atoms with Crippen molar-refractivity contribution >= 4 is 0 Å². The first-order valence-electron chi connectivity index (χ1n) is 4.59. The zero-order valence-corrected chi connectivity index (χ0v) is 7.46. The molecular weight excluding hydrogens is 164 g/mol. The van der Waals surface area contributed by atoms with Crippen LogP contribution in [0, 0.1) is 0 Å². The van der Waals surface area contributed by atoms with E-state index in [4.69, 9.17) is 5.11 Å². The van der Waals surface area contributed by atoms with Crippen LogP contribution in [0.1, 0.15) is 11.6 Å². The normalized spacial score (nSPS) is 22.9. The summed E-state index contributed by atoms with van der Waals surface area (Å²) in [5.74, 6) is 0.326. The fourth-order valence-corrected chi connectivity index (χ4v) is 1.60. The molecule has 3 heteroatoms. The predicted molar refractivity (Wildman–Crippen MR) is 51.7 cm³/mol. The number of phenols is 1. The number of rotatable bonds is 1. The van der Waals surface area contributed by atoms with Crippen molar-refractivity contribution in [1.82, 2.24) is 10.6 Å². The second kappa shape index (κ2) is 3.77. The molecule has 1 aromatic carbocycles. The maximum absolute atomic E-state index is 9.12. The highest BCUT2D eigenvalue weighted by Gasteiger charge is 2.13. The molecule has 1 aliphatic heterocycles. The third-order valence-electron chi connectivity index (χ3n) is 2.34. The first kappa shape index (κ1) is 8.53. The molecule has 1 fully saturated rings. The van der Waals surface area contributed by atoms with Crippen LogP contribution in [0.3, 0.4) is 0 Å². The molecule has 1 aromatic rings. The monoisotopic (exact) mass is 178 g/mol. The minimum atomic E-state index is 0.326. The van der Waals surface area contributed by atoms with Crippen molar-refractivity contribution in [1.29, 1.82) is 0 Å². The Labute approximate surface area is 77.8 Å². The molecule has 1 heterocycles. The van der Waals surface area contributed by atoms with Crippen molar-refractivity contribution in [2.75, 3.05) is 19.6 Å². The van der Waals surface area contributed by atoms with Crippen molar-refractivity contribution < 1.29 is 5.11 Å². The molecule has 1 aliphatic rings. The van der Waals surface area contributed by atoms with E-state index < -0.39 is 0 Å². The van der Waals surface area contributed by atoms with Gasteiger partial charge in [0.1, 0.15) is 5.75 Å². The lowest BCUT2D eigenvalue weighted by Crippen LogP contribution is -2.42. The van der Waals surface area contributed by atoms with E-state index >= 15 is 0 Å². The Kier molecular flexibility index (Phi) is 2.47. The Morgan fingerprint density at radius 3 is 2.54 bits per heavy atom. The Hall–Kier alpha value is -1.06. The minimum Gasteiger partial charge on any atom is -0.508 e. The van der Waals surface area contributed by atoms with E-state index in [0.717, 1.165) is 19.6 Å². The van der Waals surface area contributed by atoms with Crippen LogP contribution in [0.25, 0.3) is 0 Å². The summed E-state index contributed by atoms with van der Waals surface area (Å²) in [6.07, 6.45) is 0. The largest absolute Gasteiger partial charge is 0.508 e. The lowest BCUT2D eigenvalue weighted by Gasteiger charge is -2.24. The van der Waals surface area contributed by atoms with Gasteiger partial charge in [-0.2, -0.15) is 0 Å². The predicted octanol–water partition coefficient (Wildman–Crippen LogP) is 0.626. The van der Waals surface area contributed by atoms with E-state index in [1.807, 2.05) is 12.1 Å². The molecule has 1 atom stereocenters. The number of hydrogen-bond acceptors (Lipinski definition) is 3. The molecule has 0 amide bonds.